The van der Waals surface area contributed by atoms with Gasteiger partial charge in [-0.25, -0.2) is 0 Å². The number of hydrogen-bond donors (Lipinski definition) is 1. The second-order valence-electron chi connectivity index (χ2n) is 5.10. The second kappa shape index (κ2) is 10.4. The van der Waals surface area contributed by atoms with Crippen molar-refractivity contribution in [1.82, 2.24) is 5.32 Å². The molecule has 3 nitrogen and oxygen atoms in total. The highest BCUT2D eigenvalue weighted by Crippen LogP contribution is 2.17. The number of nitrogens with one attached hydrogen (secondary N) is 1. The largest absolute Gasteiger partial charge is 0.481 e. The SMILES string of the molecule is Cc1ccccc1OCC#CCNC(=O)CCSc1ccccc1. The zero-order valence-corrected chi connectivity index (χ0v) is 14.6. The highest BCUT2D eigenvalue weighted by Gasteiger charge is 2.00. The molecule has 0 fully saturated rings. The normalized spacial score (nSPS) is 9.71. The average Bonchev–Trinajstić information content (AvgIpc) is 2.60. The quantitative estimate of drug-likeness (QED) is 0.618. The summed E-state index contributed by atoms with van der Waals surface area (Å²) in [4.78, 5) is 12.9. The van der Waals surface area contributed by atoms with E-state index in [0.717, 1.165) is 17.1 Å². The van der Waals surface area contributed by atoms with Crippen LogP contribution >= 0.6 is 11.8 Å². The maximum atomic E-state index is 11.7. The van der Waals surface area contributed by atoms with Crippen LogP contribution in [-0.4, -0.2) is 24.8 Å². The Bertz CT molecular complexity index is 704. The number of thioether (sulfide) groups is 1. The molecule has 0 heterocycles. The van der Waals surface area contributed by atoms with Crippen molar-refractivity contribution in [3.8, 4) is 17.6 Å². The van der Waals surface area contributed by atoms with Crippen molar-refractivity contribution in [3.63, 3.8) is 0 Å². The Kier molecular flexibility index (Phi) is 7.79. The molecule has 0 aliphatic carbocycles. The van der Waals surface area contributed by atoms with Gasteiger partial charge in [0, 0.05) is 17.1 Å². The van der Waals surface area contributed by atoms with E-state index in [0.29, 0.717) is 19.6 Å². The van der Waals surface area contributed by atoms with Crippen LogP contribution in [0.2, 0.25) is 0 Å². The summed E-state index contributed by atoms with van der Waals surface area (Å²) in [5, 5.41) is 2.80. The maximum absolute atomic E-state index is 11.7. The summed E-state index contributed by atoms with van der Waals surface area (Å²) < 4.78 is 5.57. The van der Waals surface area contributed by atoms with Crippen molar-refractivity contribution in [2.75, 3.05) is 18.9 Å². The predicted molar refractivity (Wildman–Crippen MR) is 99.2 cm³/mol. The Morgan fingerprint density at radius 1 is 1.08 bits per heavy atom. The third-order valence-corrected chi connectivity index (χ3v) is 4.25. The molecule has 124 valence electrons. The summed E-state index contributed by atoms with van der Waals surface area (Å²) in [5.74, 6) is 7.43. The van der Waals surface area contributed by atoms with E-state index >= 15 is 0 Å². The van der Waals surface area contributed by atoms with E-state index in [1.165, 1.54) is 4.90 Å². The molecule has 2 aromatic rings. The van der Waals surface area contributed by atoms with E-state index in [2.05, 4.69) is 17.2 Å². The van der Waals surface area contributed by atoms with Crippen molar-refractivity contribution in [2.45, 2.75) is 18.2 Å². The lowest BCUT2D eigenvalue weighted by Gasteiger charge is -2.04. The minimum Gasteiger partial charge on any atom is -0.481 e. The molecule has 0 aromatic heterocycles. The second-order valence-corrected chi connectivity index (χ2v) is 6.26. The van der Waals surface area contributed by atoms with Crippen molar-refractivity contribution in [1.29, 1.82) is 0 Å². The first-order valence-electron chi connectivity index (χ1n) is 7.84. The number of para-hydroxylation sites is 1. The molecular formula is C20H21NO2S. The molecule has 0 aliphatic heterocycles. The molecule has 0 unspecified atom stereocenters. The maximum Gasteiger partial charge on any atom is 0.221 e. The highest BCUT2D eigenvalue weighted by atomic mass is 32.2. The zero-order chi connectivity index (χ0) is 17.0. The molecule has 0 radical (unpaired) electrons. The molecule has 1 N–H and O–H groups in total. The third kappa shape index (κ3) is 6.80. The first-order chi connectivity index (χ1) is 11.8. The van der Waals surface area contributed by atoms with Gasteiger partial charge in [0.05, 0.1) is 6.54 Å². The Morgan fingerprint density at radius 2 is 1.83 bits per heavy atom. The van der Waals surface area contributed by atoms with Gasteiger partial charge in [-0.15, -0.1) is 11.8 Å². The van der Waals surface area contributed by atoms with Gasteiger partial charge < -0.3 is 10.1 Å². The van der Waals surface area contributed by atoms with E-state index < -0.39 is 0 Å². The van der Waals surface area contributed by atoms with Gasteiger partial charge in [-0.3, -0.25) is 4.79 Å². The molecule has 0 saturated carbocycles. The molecule has 0 spiro atoms. The van der Waals surface area contributed by atoms with Crippen LogP contribution in [0.5, 0.6) is 5.75 Å². The molecule has 0 atom stereocenters. The van der Waals surface area contributed by atoms with Crippen LogP contribution in [0.25, 0.3) is 0 Å². The number of carbonyl (C=O) groups excluding carboxylic acids is 1. The molecule has 2 rings (SSSR count). The summed E-state index contributed by atoms with van der Waals surface area (Å²) in [6.45, 7) is 2.67. The fourth-order valence-corrected chi connectivity index (χ4v) is 2.83. The molecule has 1 amide bonds. The molecule has 4 heteroatoms. The highest BCUT2D eigenvalue weighted by molar-refractivity contribution is 7.99. The minimum atomic E-state index is 0.0209. The van der Waals surface area contributed by atoms with Crippen LogP contribution in [0.1, 0.15) is 12.0 Å². The minimum absolute atomic E-state index is 0.0209. The smallest absolute Gasteiger partial charge is 0.221 e. The number of rotatable bonds is 7. The number of carbonyl (C=O) groups is 1. The summed E-state index contributed by atoms with van der Waals surface area (Å²) in [6, 6.07) is 17.9. The summed E-state index contributed by atoms with van der Waals surface area (Å²) >= 11 is 1.68. The first kappa shape index (κ1) is 18.0. The van der Waals surface area contributed by atoms with Gasteiger partial charge in [0.15, 0.2) is 0 Å². The Morgan fingerprint density at radius 3 is 2.62 bits per heavy atom. The third-order valence-electron chi connectivity index (χ3n) is 3.23. The topological polar surface area (TPSA) is 38.3 Å². The van der Waals surface area contributed by atoms with Crippen LogP contribution in [0.15, 0.2) is 59.5 Å². The standard InChI is InChI=1S/C20H21NO2S/c1-17-9-5-6-12-19(17)23-15-8-7-14-21-20(22)13-16-24-18-10-3-2-4-11-18/h2-6,9-12H,13-16H2,1H3,(H,21,22). The number of amides is 1. The fraction of sp³-hybridized carbons (Fsp3) is 0.250. The average molecular weight is 339 g/mol. The van der Waals surface area contributed by atoms with Crippen LogP contribution in [0.4, 0.5) is 0 Å². The van der Waals surface area contributed by atoms with E-state index in [1.54, 1.807) is 11.8 Å². The van der Waals surface area contributed by atoms with E-state index in [-0.39, 0.29) is 5.91 Å². The molecular weight excluding hydrogens is 318 g/mol. The summed E-state index contributed by atoms with van der Waals surface area (Å²) in [5.41, 5.74) is 1.09. The molecule has 2 aromatic carbocycles. The molecule has 0 bridgehead atoms. The number of ether oxygens (including phenoxy) is 1. The van der Waals surface area contributed by atoms with Crippen molar-refractivity contribution in [3.05, 3.63) is 60.2 Å². The van der Waals surface area contributed by atoms with E-state index in [4.69, 9.17) is 4.74 Å². The van der Waals surface area contributed by atoms with Gasteiger partial charge in [0.1, 0.15) is 12.4 Å². The van der Waals surface area contributed by atoms with Crippen LogP contribution in [-0.2, 0) is 4.79 Å². The first-order valence-corrected chi connectivity index (χ1v) is 8.83. The van der Waals surface area contributed by atoms with E-state index in [9.17, 15) is 4.79 Å². The van der Waals surface area contributed by atoms with Crippen LogP contribution < -0.4 is 10.1 Å². The monoisotopic (exact) mass is 339 g/mol. The summed E-state index contributed by atoms with van der Waals surface area (Å²) in [7, 11) is 0. The zero-order valence-electron chi connectivity index (χ0n) is 13.7. The lowest BCUT2D eigenvalue weighted by atomic mass is 10.2. The van der Waals surface area contributed by atoms with Crippen molar-refractivity contribution >= 4 is 17.7 Å². The Hall–Kier alpha value is -2.38. The molecule has 0 aliphatic rings. The summed E-state index contributed by atoms with van der Waals surface area (Å²) in [6.07, 6.45) is 0.487. The fourth-order valence-electron chi connectivity index (χ4n) is 1.96. The van der Waals surface area contributed by atoms with Crippen LogP contribution in [0.3, 0.4) is 0 Å². The number of benzene rings is 2. The predicted octanol–water partition coefficient (Wildman–Crippen LogP) is 3.68. The number of hydrogen-bond acceptors (Lipinski definition) is 3. The lowest BCUT2D eigenvalue weighted by Crippen LogP contribution is -2.23. The van der Waals surface area contributed by atoms with Crippen molar-refractivity contribution < 1.29 is 9.53 Å². The van der Waals surface area contributed by atoms with Gasteiger partial charge in [0.2, 0.25) is 5.91 Å². The Labute approximate surface area is 147 Å². The van der Waals surface area contributed by atoms with Gasteiger partial charge >= 0.3 is 0 Å². The van der Waals surface area contributed by atoms with Crippen LogP contribution in [0, 0.1) is 18.8 Å². The lowest BCUT2D eigenvalue weighted by molar-refractivity contribution is -0.120. The van der Waals surface area contributed by atoms with Crippen molar-refractivity contribution in [2.24, 2.45) is 0 Å². The van der Waals surface area contributed by atoms with E-state index in [1.807, 2.05) is 61.5 Å². The number of aryl methyl sites for hydroxylation is 1. The molecule has 0 saturated heterocycles. The van der Waals surface area contributed by atoms with Gasteiger partial charge in [-0.05, 0) is 30.7 Å². The molecule has 24 heavy (non-hydrogen) atoms. The van der Waals surface area contributed by atoms with Gasteiger partial charge in [0.25, 0.3) is 0 Å². The van der Waals surface area contributed by atoms with Gasteiger partial charge in [-0.2, -0.15) is 0 Å². The van der Waals surface area contributed by atoms with Gasteiger partial charge in [-0.1, -0.05) is 48.2 Å². The Balaban J connectivity index is 1.57.